The van der Waals surface area contributed by atoms with E-state index in [1.807, 2.05) is 6.07 Å². The zero-order valence-electron chi connectivity index (χ0n) is 23.3. The topological polar surface area (TPSA) is 145 Å². The standard InChI is InChI=1S/C29H40ClN5O5S/c1-20-11-13-34(18-20)27(36)15-25(33-41(39,40)19-21-6-3-2-4-7-21)29(38)35-12-5-8-26(35)28(37)32-17-23-14-24(30)10-9-22(23)16-31/h2-4,6-7,9-10,14,20,25-26,28,32-33,37H,5,8,11-13,15-19,31H2,1H3. The van der Waals surface area contributed by atoms with Crippen LogP contribution in [0.1, 0.15) is 49.3 Å². The molecule has 0 aliphatic carbocycles. The molecule has 2 aliphatic heterocycles. The smallest absolute Gasteiger partial charge is 0.241 e. The highest BCUT2D eigenvalue weighted by Gasteiger charge is 2.40. The van der Waals surface area contributed by atoms with Gasteiger partial charge in [0.05, 0.1) is 18.2 Å². The summed E-state index contributed by atoms with van der Waals surface area (Å²) in [6.07, 6.45) is 0.674. The van der Waals surface area contributed by atoms with Crippen LogP contribution in [-0.4, -0.2) is 73.1 Å². The van der Waals surface area contributed by atoms with Gasteiger partial charge in [0.2, 0.25) is 21.8 Å². The van der Waals surface area contributed by atoms with Gasteiger partial charge in [0.1, 0.15) is 12.3 Å². The highest BCUT2D eigenvalue weighted by molar-refractivity contribution is 7.88. The molecule has 41 heavy (non-hydrogen) atoms. The molecule has 2 aromatic carbocycles. The SMILES string of the molecule is CC1CCN(C(=O)CC(NS(=O)(=O)Cc2ccccc2)C(=O)N2CCCC2C(O)NCc2cc(Cl)ccc2CN)C1. The van der Waals surface area contributed by atoms with E-state index in [-0.39, 0.29) is 24.6 Å². The number of carbonyl (C=O) groups is 2. The zero-order chi connectivity index (χ0) is 29.6. The molecule has 2 amide bonds. The van der Waals surface area contributed by atoms with Crippen molar-refractivity contribution >= 4 is 33.4 Å². The molecule has 4 unspecified atom stereocenters. The van der Waals surface area contributed by atoms with Crippen LogP contribution in [0.4, 0.5) is 0 Å². The molecule has 2 saturated heterocycles. The lowest BCUT2D eigenvalue weighted by Gasteiger charge is -2.32. The Morgan fingerprint density at radius 3 is 2.56 bits per heavy atom. The Morgan fingerprint density at radius 2 is 1.88 bits per heavy atom. The number of nitrogens with two attached hydrogens (primary N) is 1. The number of nitrogens with one attached hydrogen (secondary N) is 2. The number of aliphatic hydroxyl groups excluding tert-OH is 1. The molecule has 5 N–H and O–H groups in total. The van der Waals surface area contributed by atoms with Crippen LogP contribution >= 0.6 is 11.6 Å². The molecule has 2 fully saturated rings. The number of aliphatic hydroxyl groups is 1. The largest absolute Gasteiger partial charge is 0.376 e. The third kappa shape index (κ3) is 8.50. The fourth-order valence-corrected chi connectivity index (χ4v) is 7.13. The van der Waals surface area contributed by atoms with Gasteiger partial charge in [0.25, 0.3) is 0 Å². The van der Waals surface area contributed by atoms with E-state index in [9.17, 15) is 23.1 Å². The van der Waals surface area contributed by atoms with Crippen LogP contribution in [0.2, 0.25) is 5.02 Å². The van der Waals surface area contributed by atoms with E-state index >= 15 is 0 Å². The van der Waals surface area contributed by atoms with Crippen molar-refractivity contribution < 1.29 is 23.1 Å². The van der Waals surface area contributed by atoms with E-state index in [1.165, 1.54) is 4.90 Å². The highest BCUT2D eigenvalue weighted by atomic mass is 35.5. The van der Waals surface area contributed by atoms with Crippen molar-refractivity contribution in [2.45, 2.75) is 69.8 Å². The van der Waals surface area contributed by atoms with Crippen LogP contribution in [0.3, 0.4) is 0 Å². The highest BCUT2D eigenvalue weighted by Crippen LogP contribution is 2.24. The van der Waals surface area contributed by atoms with Crippen LogP contribution in [0, 0.1) is 5.92 Å². The Morgan fingerprint density at radius 1 is 1.12 bits per heavy atom. The zero-order valence-corrected chi connectivity index (χ0v) is 24.9. The average Bonchev–Trinajstić information content (AvgIpc) is 3.61. The van der Waals surface area contributed by atoms with Crippen molar-refractivity contribution in [2.75, 3.05) is 19.6 Å². The maximum atomic E-state index is 13.9. The van der Waals surface area contributed by atoms with Gasteiger partial charge in [-0.15, -0.1) is 0 Å². The van der Waals surface area contributed by atoms with Crippen molar-refractivity contribution in [1.29, 1.82) is 0 Å². The minimum atomic E-state index is -3.95. The van der Waals surface area contributed by atoms with E-state index in [2.05, 4.69) is 17.0 Å². The van der Waals surface area contributed by atoms with Gasteiger partial charge in [-0.05, 0) is 54.0 Å². The Bertz CT molecular complexity index is 1310. The van der Waals surface area contributed by atoms with Crippen LogP contribution in [0.15, 0.2) is 48.5 Å². The number of nitrogens with zero attached hydrogens (tertiary/aromatic N) is 2. The first-order valence-electron chi connectivity index (χ1n) is 14.1. The summed E-state index contributed by atoms with van der Waals surface area (Å²) in [5.41, 5.74) is 8.14. The lowest BCUT2D eigenvalue weighted by molar-refractivity contribution is -0.140. The predicted molar refractivity (Wildman–Crippen MR) is 158 cm³/mol. The van der Waals surface area contributed by atoms with Crippen molar-refractivity contribution in [3.05, 3.63) is 70.2 Å². The maximum Gasteiger partial charge on any atom is 0.241 e. The fourth-order valence-electron chi connectivity index (χ4n) is 5.60. The van der Waals surface area contributed by atoms with Crippen LogP contribution in [0.25, 0.3) is 0 Å². The molecule has 12 heteroatoms. The quantitative estimate of drug-likeness (QED) is 0.271. The number of hydrogen-bond acceptors (Lipinski definition) is 7. The van der Waals surface area contributed by atoms with Gasteiger partial charge in [-0.1, -0.05) is 54.9 Å². The lowest BCUT2D eigenvalue weighted by Crippen LogP contribution is -2.56. The normalized spacial score (nSPS) is 20.8. The van der Waals surface area contributed by atoms with Crippen molar-refractivity contribution in [2.24, 2.45) is 11.7 Å². The molecule has 0 saturated carbocycles. The number of amides is 2. The second kappa shape index (κ2) is 14.1. The summed E-state index contributed by atoms with van der Waals surface area (Å²) in [5.74, 6) is -0.745. The number of likely N-dealkylation sites (tertiary alicyclic amines) is 2. The third-order valence-corrected chi connectivity index (χ3v) is 9.40. The molecular weight excluding hydrogens is 566 g/mol. The van der Waals surface area contributed by atoms with E-state index < -0.39 is 34.2 Å². The summed E-state index contributed by atoms with van der Waals surface area (Å²) < 4.78 is 28.8. The van der Waals surface area contributed by atoms with Gasteiger partial charge in [-0.2, -0.15) is 0 Å². The molecule has 0 radical (unpaired) electrons. The van der Waals surface area contributed by atoms with Crippen molar-refractivity contribution in [3.63, 3.8) is 0 Å². The molecule has 2 aromatic rings. The second-order valence-electron chi connectivity index (χ2n) is 11.0. The first-order valence-corrected chi connectivity index (χ1v) is 16.1. The summed E-state index contributed by atoms with van der Waals surface area (Å²) >= 11 is 6.15. The summed E-state index contributed by atoms with van der Waals surface area (Å²) in [4.78, 5) is 30.2. The molecule has 0 bridgehead atoms. The number of rotatable bonds is 12. The number of hydrogen-bond donors (Lipinski definition) is 4. The van der Waals surface area contributed by atoms with Crippen LogP contribution in [-0.2, 0) is 38.5 Å². The molecule has 2 aliphatic rings. The van der Waals surface area contributed by atoms with Crippen LogP contribution < -0.4 is 15.8 Å². The van der Waals surface area contributed by atoms with Gasteiger partial charge in [-0.25, -0.2) is 13.1 Å². The van der Waals surface area contributed by atoms with Gasteiger partial charge >= 0.3 is 0 Å². The Balaban J connectivity index is 1.49. The van der Waals surface area contributed by atoms with E-state index in [0.29, 0.717) is 55.5 Å². The van der Waals surface area contributed by atoms with Crippen molar-refractivity contribution in [3.8, 4) is 0 Å². The second-order valence-corrected chi connectivity index (χ2v) is 13.2. The lowest BCUT2D eigenvalue weighted by atomic mass is 10.1. The minimum absolute atomic E-state index is 0.264. The monoisotopic (exact) mass is 605 g/mol. The summed E-state index contributed by atoms with van der Waals surface area (Å²) in [5, 5.41) is 14.7. The van der Waals surface area contributed by atoms with E-state index in [0.717, 1.165) is 17.5 Å². The molecule has 4 atom stereocenters. The first-order chi connectivity index (χ1) is 19.6. The first kappa shape index (κ1) is 31.4. The van der Waals surface area contributed by atoms with E-state index in [4.69, 9.17) is 17.3 Å². The molecule has 0 aromatic heterocycles. The minimum Gasteiger partial charge on any atom is -0.376 e. The average molecular weight is 606 g/mol. The summed E-state index contributed by atoms with van der Waals surface area (Å²) in [7, 11) is -3.95. The third-order valence-electron chi connectivity index (χ3n) is 7.81. The number of halogens is 1. The molecular formula is C29H40ClN5O5S. The van der Waals surface area contributed by atoms with Gasteiger partial charge in [0.15, 0.2) is 0 Å². The number of benzene rings is 2. The predicted octanol–water partition coefficient (Wildman–Crippen LogP) is 1.94. The Hall–Kier alpha value is -2.54. The summed E-state index contributed by atoms with van der Waals surface area (Å²) in [6, 6.07) is 12.2. The number of carbonyl (C=O) groups excluding carboxylic acids is 2. The Kier molecular flexibility index (Phi) is 10.8. The molecule has 4 rings (SSSR count). The molecule has 224 valence electrons. The van der Waals surface area contributed by atoms with E-state index in [1.54, 1.807) is 47.4 Å². The van der Waals surface area contributed by atoms with Gasteiger partial charge < -0.3 is 20.6 Å². The van der Waals surface area contributed by atoms with Gasteiger partial charge in [-0.3, -0.25) is 14.9 Å². The summed E-state index contributed by atoms with van der Waals surface area (Å²) in [6.45, 7) is 4.17. The molecule has 10 nitrogen and oxygen atoms in total. The molecule has 0 spiro atoms. The van der Waals surface area contributed by atoms with Gasteiger partial charge in [0, 0.05) is 37.7 Å². The fraction of sp³-hybridized carbons (Fsp3) is 0.517. The molecule has 2 heterocycles. The van der Waals surface area contributed by atoms with Crippen molar-refractivity contribution in [1.82, 2.24) is 19.8 Å². The maximum absolute atomic E-state index is 13.9. The Labute approximate surface area is 247 Å². The number of sulfonamides is 1. The van der Waals surface area contributed by atoms with Crippen LogP contribution in [0.5, 0.6) is 0 Å².